The normalized spacial score (nSPS) is 10.5. The summed E-state index contributed by atoms with van der Waals surface area (Å²) in [5.41, 5.74) is 0. The molecule has 106 valence electrons. The number of amides is 1. The van der Waals surface area contributed by atoms with Gasteiger partial charge < -0.3 is 9.64 Å². The number of hydrogen-bond donors (Lipinski definition) is 0. The molecule has 0 fully saturated rings. The first-order valence-corrected chi connectivity index (χ1v) is 6.90. The van der Waals surface area contributed by atoms with Gasteiger partial charge in [0.2, 0.25) is 5.91 Å². The van der Waals surface area contributed by atoms with Crippen LogP contribution in [0.3, 0.4) is 0 Å². The fraction of sp³-hybridized carbons (Fsp3) is 0.857. The number of carbonyl (C=O) groups is 2. The van der Waals surface area contributed by atoms with E-state index in [1.807, 2.05) is 0 Å². The van der Waals surface area contributed by atoms with Crippen LogP contribution < -0.4 is 0 Å². The van der Waals surface area contributed by atoms with Gasteiger partial charge in [-0.3, -0.25) is 9.59 Å². The van der Waals surface area contributed by atoms with Gasteiger partial charge in [0.15, 0.2) is 0 Å². The molecule has 0 bridgehead atoms. The lowest BCUT2D eigenvalue weighted by Gasteiger charge is -2.17. The second kappa shape index (κ2) is 9.92. The highest BCUT2D eigenvalue weighted by Crippen LogP contribution is 2.06. The van der Waals surface area contributed by atoms with Crippen molar-refractivity contribution in [2.24, 2.45) is 0 Å². The molecule has 0 aliphatic heterocycles. The molecule has 0 atom stereocenters. The molecule has 0 rings (SSSR count). The smallest absolute Gasteiger partial charge is 0.325 e. The maximum Gasteiger partial charge on any atom is 0.325 e. The molecule has 0 aromatic rings. The molecule has 0 aliphatic rings. The van der Waals surface area contributed by atoms with E-state index in [1.54, 1.807) is 20.9 Å². The Bertz CT molecular complexity index is 251. The molecule has 0 aromatic carbocycles. The molecule has 0 heterocycles. The molecule has 0 spiro atoms. The largest absolute Gasteiger partial charge is 0.462 e. The van der Waals surface area contributed by atoms with E-state index < -0.39 is 0 Å². The molecule has 18 heavy (non-hydrogen) atoms. The van der Waals surface area contributed by atoms with E-state index in [0.29, 0.717) is 6.42 Å². The number of ether oxygens (including phenoxy) is 1. The summed E-state index contributed by atoms with van der Waals surface area (Å²) in [5.74, 6) is -0.320. The lowest BCUT2D eigenvalue weighted by molar-refractivity contribution is -0.151. The monoisotopic (exact) mass is 257 g/mol. The zero-order chi connectivity index (χ0) is 14.0. The van der Waals surface area contributed by atoms with Gasteiger partial charge >= 0.3 is 5.97 Å². The van der Waals surface area contributed by atoms with Crippen LogP contribution in [0.15, 0.2) is 0 Å². The number of nitrogens with zero attached hydrogens (tertiary/aromatic N) is 1. The minimum absolute atomic E-state index is 0.0206. The minimum Gasteiger partial charge on any atom is -0.462 e. The molecule has 0 N–H and O–H groups in total. The highest BCUT2D eigenvalue weighted by atomic mass is 16.5. The van der Waals surface area contributed by atoms with Crippen LogP contribution in [-0.4, -0.2) is 36.5 Å². The SMILES string of the molecule is CCCCCCCC(=O)N(C)CC(=O)OC(C)C. The Morgan fingerprint density at radius 3 is 2.28 bits per heavy atom. The maximum absolute atomic E-state index is 11.7. The van der Waals surface area contributed by atoms with E-state index in [1.165, 1.54) is 24.2 Å². The van der Waals surface area contributed by atoms with Crippen LogP contribution in [0.5, 0.6) is 0 Å². The van der Waals surface area contributed by atoms with Crippen LogP contribution in [0.25, 0.3) is 0 Å². The first-order chi connectivity index (χ1) is 8.47. The molecule has 4 nitrogen and oxygen atoms in total. The number of likely N-dealkylation sites (N-methyl/N-ethyl adjacent to an activating group) is 1. The van der Waals surface area contributed by atoms with Crippen molar-refractivity contribution in [1.82, 2.24) is 4.90 Å². The predicted octanol–water partition coefficient (Wildman–Crippen LogP) is 2.76. The number of hydrogen-bond acceptors (Lipinski definition) is 3. The topological polar surface area (TPSA) is 46.6 Å². The lowest BCUT2D eigenvalue weighted by Crippen LogP contribution is -2.33. The van der Waals surface area contributed by atoms with Gasteiger partial charge in [-0.15, -0.1) is 0 Å². The van der Waals surface area contributed by atoms with Crippen LogP contribution in [-0.2, 0) is 14.3 Å². The third kappa shape index (κ3) is 9.02. The standard InChI is InChI=1S/C14H27NO3/c1-5-6-7-8-9-10-13(16)15(4)11-14(17)18-12(2)3/h12H,5-11H2,1-4H3. The fourth-order valence-corrected chi connectivity index (χ4v) is 1.65. The van der Waals surface area contributed by atoms with Crippen LogP contribution in [0.1, 0.15) is 59.3 Å². The van der Waals surface area contributed by atoms with Gasteiger partial charge in [0.05, 0.1) is 6.10 Å². The number of rotatable bonds is 9. The average molecular weight is 257 g/mol. The van der Waals surface area contributed by atoms with Crippen LogP contribution >= 0.6 is 0 Å². The molecule has 4 heteroatoms. The molecule has 0 unspecified atom stereocenters. The van der Waals surface area contributed by atoms with E-state index in [0.717, 1.165) is 12.8 Å². The summed E-state index contributed by atoms with van der Waals surface area (Å²) in [6.07, 6.45) is 6.00. The van der Waals surface area contributed by atoms with Crippen molar-refractivity contribution in [2.75, 3.05) is 13.6 Å². The summed E-state index contributed by atoms with van der Waals surface area (Å²) in [5, 5.41) is 0. The van der Waals surface area contributed by atoms with Crippen molar-refractivity contribution >= 4 is 11.9 Å². The van der Waals surface area contributed by atoms with Crippen molar-refractivity contribution in [3.63, 3.8) is 0 Å². The number of unbranched alkanes of at least 4 members (excludes halogenated alkanes) is 4. The minimum atomic E-state index is -0.341. The van der Waals surface area contributed by atoms with Crippen molar-refractivity contribution in [3.8, 4) is 0 Å². The van der Waals surface area contributed by atoms with E-state index in [9.17, 15) is 9.59 Å². The van der Waals surface area contributed by atoms with Crippen molar-refractivity contribution in [3.05, 3.63) is 0 Å². The van der Waals surface area contributed by atoms with Crippen LogP contribution in [0.4, 0.5) is 0 Å². The van der Waals surface area contributed by atoms with E-state index in [4.69, 9.17) is 4.74 Å². The highest BCUT2D eigenvalue weighted by Gasteiger charge is 2.14. The zero-order valence-corrected chi connectivity index (χ0v) is 12.2. The molecule has 0 radical (unpaired) electrons. The molecule has 0 saturated carbocycles. The van der Waals surface area contributed by atoms with Crippen molar-refractivity contribution in [2.45, 2.75) is 65.4 Å². The van der Waals surface area contributed by atoms with Crippen LogP contribution in [0.2, 0.25) is 0 Å². The van der Waals surface area contributed by atoms with Crippen molar-refractivity contribution in [1.29, 1.82) is 0 Å². The van der Waals surface area contributed by atoms with E-state index in [-0.39, 0.29) is 24.5 Å². The van der Waals surface area contributed by atoms with Gasteiger partial charge in [-0.05, 0) is 20.3 Å². The second-order valence-corrected chi connectivity index (χ2v) is 4.95. The number of esters is 1. The molecule has 0 aromatic heterocycles. The average Bonchev–Trinajstić information content (AvgIpc) is 2.27. The van der Waals surface area contributed by atoms with E-state index in [2.05, 4.69) is 6.92 Å². The summed E-state index contributed by atoms with van der Waals surface area (Å²) in [7, 11) is 1.65. The van der Waals surface area contributed by atoms with Gasteiger partial charge in [0, 0.05) is 13.5 Å². The molecular weight excluding hydrogens is 230 g/mol. The fourth-order valence-electron chi connectivity index (χ4n) is 1.65. The Hall–Kier alpha value is -1.06. The Balaban J connectivity index is 3.72. The molecule has 1 amide bonds. The lowest BCUT2D eigenvalue weighted by atomic mass is 10.1. The summed E-state index contributed by atoms with van der Waals surface area (Å²) < 4.78 is 5.00. The van der Waals surface area contributed by atoms with Crippen LogP contribution in [0, 0.1) is 0 Å². The maximum atomic E-state index is 11.7. The van der Waals surface area contributed by atoms with Gasteiger partial charge in [-0.25, -0.2) is 0 Å². The van der Waals surface area contributed by atoms with Gasteiger partial charge in [0.25, 0.3) is 0 Å². The quantitative estimate of drug-likeness (QED) is 0.471. The third-order valence-electron chi connectivity index (χ3n) is 2.65. The predicted molar refractivity (Wildman–Crippen MR) is 72.2 cm³/mol. The number of carbonyl (C=O) groups excluding carboxylic acids is 2. The third-order valence-corrected chi connectivity index (χ3v) is 2.65. The summed E-state index contributed by atoms with van der Waals surface area (Å²) in [6, 6.07) is 0. The summed E-state index contributed by atoms with van der Waals surface area (Å²) in [6.45, 7) is 5.81. The Labute approximate surface area is 111 Å². The Morgan fingerprint density at radius 2 is 1.72 bits per heavy atom. The molecule has 0 aliphatic carbocycles. The first-order valence-electron chi connectivity index (χ1n) is 6.90. The van der Waals surface area contributed by atoms with Crippen molar-refractivity contribution < 1.29 is 14.3 Å². The second-order valence-electron chi connectivity index (χ2n) is 4.95. The first kappa shape index (κ1) is 16.9. The van der Waals surface area contributed by atoms with E-state index >= 15 is 0 Å². The van der Waals surface area contributed by atoms with Gasteiger partial charge in [-0.1, -0.05) is 32.6 Å². The summed E-state index contributed by atoms with van der Waals surface area (Å²) >= 11 is 0. The Kier molecular flexibility index (Phi) is 9.33. The van der Waals surface area contributed by atoms with Gasteiger partial charge in [-0.2, -0.15) is 0 Å². The Morgan fingerprint density at radius 1 is 1.11 bits per heavy atom. The zero-order valence-electron chi connectivity index (χ0n) is 12.2. The highest BCUT2D eigenvalue weighted by molar-refractivity contribution is 5.81. The summed E-state index contributed by atoms with van der Waals surface area (Å²) in [4.78, 5) is 24.5. The van der Waals surface area contributed by atoms with Gasteiger partial charge in [0.1, 0.15) is 6.54 Å². The molecular formula is C14H27NO3. The molecule has 0 saturated heterocycles.